The largest absolute Gasteiger partial charge is 0.354 e. The molecule has 0 aliphatic heterocycles. The average molecular weight is 222 g/mol. The van der Waals surface area contributed by atoms with E-state index in [0.29, 0.717) is 12.0 Å². The van der Waals surface area contributed by atoms with E-state index in [9.17, 15) is 0 Å². The second kappa shape index (κ2) is 6.09. The van der Waals surface area contributed by atoms with Crippen LogP contribution in [-0.4, -0.2) is 11.6 Å². The fraction of sp³-hybridized carbons (Fsp3) is 0.714. The molecule has 2 nitrogen and oxygen atoms in total. The van der Waals surface area contributed by atoms with Crippen molar-refractivity contribution in [1.29, 1.82) is 0 Å². The molecule has 1 heterocycles. The van der Waals surface area contributed by atoms with E-state index in [1.165, 1.54) is 12.0 Å². The molecule has 0 fully saturated rings. The van der Waals surface area contributed by atoms with Crippen LogP contribution in [0.1, 0.15) is 45.7 Å². The zero-order valence-corrected chi connectivity index (χ0v) is 11.3. The van der Waals surface area contributed by atoms with E-state index in [-0.39, 0.29) is 0 Å². The van der Waals surface area contributed by atoms with Gasteiger partial charge in [-0.2, -0.15) is 0 Å². The second-order valence-corrected chi connectivity index (χ2v) is 5.17. The van der Waals surface area contributed by atoms with Gasteiger partial charge in [-0.25, -0.2) is 0 Å². The highest BCUT2D eigenvalue weighted by molar-refractivity contribution is 5.16. The van der Waals surface area contributed by atoms with E-state index in [1.54, 1.807) is 0 Å². The first-order valence-corrected chi connectivity index (χ1v) is 6.41. The van der Waals surface area contributed by atoms with Crippen molar-refractivity contribution in [1.82, 2.24) is 9.88 Å². The van der Waals surface area contributed by atoms with Crippen molar-refractivity contribution in [3.05, 3.63) is 24.0 Å². The topological polar surface area (TPSA) is 17.0 Å². The van der Waals surface area contributed by atoms with Crippen LogP contribution in [0, 0.1) is 11.8 Å². The first kappa shape index (κ1) is 13.3. The molecule has 0 saturated heterocycles. The minimum absolute atomic E-state index is 0.471. The Morgan fingerprint density at radius 1 is 1.31 bits per heavy atom. The van der Waals surface area contributed by atoms with Crippen LogP contribution in [-0.2, 0) is 6.54 Å². The molecule has 0 aliphatic rings. The quantitative estimate of drug-likeness (QED) is 0.780. The normalized spacial score (nSPS) is 15.4. The molecule has 0 aromatic carbocycles. The summed E-state index contributed by atoms with van der Waals surface area (Å²) in [7, 11) is 2.04. The van der Waals surface area contributed by atoms with Crippen LogP contribution in [0.15, 0.2) is 18.5 Å². The lowest BCUT2D eigenvalue weighted by atomic mass is 9.99. The Balaban J connectivity index is 2.69. The fourth-order valence-corrected chi connectivity index (χ4v) is 2.13. The molecule has 1 aromatic heterocycles. The first-order valence-electron chi connectivity index (χ1n) is 6.41. The number of hydrogen-bond acceptors (Lipinski definition) is 1. The maximum atomic E-state index is 3.39. The molecule has 0 radical (unpaired) electrons. The summed E-state index contributed by atoms with van der Waals surface area (Å²) < 4.78 is 2.32. The fourth-order valence-electron chi connectivity index (χ4n) is 2.13. The number of aromatic nitrogens is 1. The Morgan fingerprint density at radius 3 is 2.50 bits per heavy atom. The highest BCUT2D eigenvalue weighted by Gasteiger charge is 2.14. The van der Waals surface area contributed by atoms with Gasteiger partial charge in [-0.05, 0) is 30.5 Å². The third-order valence-corrected chi connectivity index (χ3v) is 3.33. The van der Waals surface area contributed by atoms with Crippen molar-refractivity contribution in [3.8, 4) is 0 Å². The zero-order valence-electron chi connectivity index (χ0n) is 11.3. The number of nitrogens with one attached hydrogen (secondary N) is 1. The zero-order chi connectivity index (χ0) is 12.1. The van der Waals surface area contributed by atoms with Crippen LogP contribution in [0.3, 0.4) is 0 Å². The molecule has 0 amide bonds. The SMILES string of the molecule is CCC(C)Cn1ccc(C(NC)C(C)C)c1. The van der Waals surface area contributed by atoms with E-state index in [0.717, 1.165) is 12.5 Å². The van der Waals surface area contributed by atoms with Gasteiger partial charge in [-0.15, -0.1) is 0 Å². The van der Waals surface area contributed by atoms with Gasteiger partial charge < -0.3 is 9.88 Å². The maximum absolute atomic E-state index is 3.39. The number of rotatable bonds is 6. The summed E-state index contributed by atoms with van der Waals surface area (Å²) in [5.74, 6) is 1.39. The third kappa shape index (κ3) is 3.38. The minimum atomic E-state index is 0.471. The second-order valence-electron chi connectivity index (χ2n) is 5.17. The molecule has 1 aromatic rings. The van der Waals surface area contributed by atoms with E-state index >= 15 is 0 Å². The van der Waals surface area contributed by atoms with Crippen LogP contribution in [0.25, 0.3) is 0 Å². The smallest absolute Gasteiger partial charge is 0.0355 e. The van der Waals surface area contributed by atoms with E-state index < -0.39 is 0 Å². The minimum Gasteiger partial charge on any atom is -0.354 e. The summed E-state index contributed by atoms with van der Waals surface area (Å²) in [6.07, 6.45) is 5.73. The van der Waals surface area contributed by atoms with Crippen LogP contribution in [0.5, 0.6) is 0 Å². The predicted octanol–water partition coefficient (Wildman–Crippen LogP) is 3.45. The molecule has 2 heteroatoms. The van der Waals surface area contributed by atoms with Crippen molar-refractivity contribution in [2.24, 2.45) is 11.8 Å². The Kier molecular flexibility index (Phi) is 5.07. The van der Waals surface area contributed by atoms with Gasteiger partial charge in [0, 0.05) is 25.0 Å². The van der Waals surface area contributed by atoms with E-state index in [1.807, 2.05) is 7.05 Å². The standard InChI is InChI=1S/C14H26N2/c1-6-12(4)9-16-8-7-13(10-16)14(15-5)11(2)3/h7-8,10-12,14-15H,6,9H2,1-5H3. The van der Waals surface area contributed by atoms with E-state index in [2.05, 4.69) is 56.0 Å². The van der Waals surface area contributed by atoms with Gasteiger partial charge in [0.25, 0.3) is 0 Å². The molecule has 1 N–H and O–H groups in total. The van der Waals surface area contributed by atoms with Crippen LogP contribution in [0.4, 0.5) is 0 Å². The molecular formula is C14H26N2. The summed E-state index contributed by atoms with van der Waals surface area (Å²) in [5.41, 5.74) is 1.40. The van der Waals surface area contributed by atoms with E-state index in [4.69, 9.17) is 0 Å². The first-order chi connectivity index (χ1) is 7.58. The van der Waals surface area contributed by atoms with Crippen LogP contribution < -0.4 is 5.32 Å². The van der Waals surface area contributed by atoms with Gasteiger partial charge in [0.15, 0.2) is 0 Å². The van der Waals surface area contributed by atoms with Gasteiger partial charge in [0.05, 0.1) is 0 Å². The summed E-state index contributed by atoms with van der Waals surface area (Å²) in [6.45, 7) is 10.2. The molecular weight excluding hydrogens is 196 g/mol. The van der Waals surface area contributed by atoms with Gasteiger partial charge in [-0.3, -0.25) is 0 Å². The highest BCUT2D eigenvalue weighted by atomic mass is 15.0. The van der Waals surface area contributed by atoms with Crippen LogP contribution in [0.2, 0.25) is 0 Å². The molecule has 1 rings (SSSR count). The summed E-state index contributed by atoms with van der Waals surface area (Å²) >= 11 is 0. The molecule has 2 unspecified atom stereocenters. The molecule has 92 valence electrons. The predicted molar refractivity (Wildman–Crippen MR) is 70.5 cm³/mol. The summed E-state index contributed by atoms with van der Waals surface area (Å²) in [5, 5.41) is 3.39. The average Bonchev–Trinajstić information content (AvgIpc) is 2.66. The Morgan fingerprint density at radius 2 is 2.00 bits per heavy atom. The maximum Gasteiger partial charge on any atom is 0.0355 e. The third-order valence-electron chi connectivity index (χ3n) is 3.33. The van der Waals surface area contributed by atoms with Crippen LogP contribution >= 0.6 is 0 Å². The van der Waals surface area contributed by atoms with Crippen molar-refractivity contribution >= 4 is 0 Å². The summed E-state index contributed by atoms with van der Waals surface area (Å²) in [6, 6.07) is 2.71. The molecule has 0 saturated carbocycles. The monoisotopic (exact) mass is 222 g/mol. The number of hydrogen-bond donors (Lipinski definition) is 1. The Hall–Kier alpha value is -0.760. The number of nitrogens with zero attached hydrogens (tertiary/aromatic N) is 1. The summed E-state index contributed by atoms with van der Waals surface area (Å²) in [4.78, 5) is 0. The molecule has 0 spiro atoms. The molecule has 0 bridgehead atoms. The van der Waals surface area contributed by atoms with Gasteiger partial charge >= 0.3 is 0 Å². The lowest BCUT2D eigenvalue weighted by Crippen LogP contribution is -2.21. The van der Waals surface area contributed by atoms with Gasteiger partial charge in [0.2, 0.25) is 0 Å². The lowest BCUT2D eigenvalue weighted by molar-refractivity contribution is 0.438. The van der Waals surface area contributed by atoms with Gasteiger partial charge in [0.1, 0.15) is 0 Å². The molecule has 2 atom stereocenters. The van der Waals surface area contributed by atoms with Crippen molar-refractivity contribution in [2.45, 2.75) is 46.7 Å². The Labute approximate surface area is 100 Å². The van der Waals surface area contributed by atoms with Crippen molar-refractivity contribution < 1.29 is 0 Å². The lowest BCUT2D eigenvalue weighted by Gasteiger charge is -2.19. The molecule has 0 aliphatic carbocycles. The van der Waals surface area contributed by atoms with Crippen molar-refractivity contribution in [2.75, 3.05) is 7.05 Å². The Bertz CT molecular complexity index is 301. The molecule has 16 heavy (non-hydrogen) atoms. The van der Waals surface area contributed by atoms with Gasteiger partial charge in [-0.1, -0.05) is 34.1 Å². The highest BCUT2D eigenvalue weighted by Crippen LogP contribution is 2.21. The van der Waals surface area contributed by atoms with Crippen molar-refractivity contribution in [3.63, 3.8) is 0 Å².